The van der Waals surface area contributed by atoms with Crippen LogP contribution in [0.15, 0.2) is 35.5 Å². The minimum atomic E-state index is 0.198. The van der Waals surface area contributed by atoms with Crippen molar-refractivity contribution < 1.29 is 4.79 Å². The first-order valence-corrected chi connectivity index (χ1v) is 10.2. The van der Waals surface area contributed by atoms with Crippen LogP contribution < -0.4 is 0 Å². The predicted molar refractivity (Wildman–Crippen MR) is 106 cm³/mol. The van der Waals surface area contributed by atoms with Crippen molar-refractivity contribution in [1.29, 1.82) is 0 Å². The second kappa shape index (κ2) is 6.91. The molecule has 1 aliphatic heterocycles. The Morgan fingerprint density at radius 1 is 1.19 bits per heavy atom. The zero-order valence-corrected chi connectivity index (χ0v) is 16.3. The zero-order valence-electron chi connectivity index (χ0n) is 15.5. The number of hydrogen-bond donors (Lipinski definition) is 0. The van der Waals surface area contributed by atoms with Crippen LogP contribution in [0, 0.1) is 6.92 Å². The van der Waals surface area contributed by atoms with E-state index in [1.807, 2.05) is 19.1 Å². The summed E-state index contributed by atoms with van der Waals surface area (Å²) >= 11 is 1.48. The SMILES string of the molecule is Cc1cc2ccccc2n2c(SCC(=O)N3[C@@H](C)CCC[C@@H]3C)nnc12. The van der Waals surface area contributed by atoms with Gasteiger partial charge in [0.05, 0.1) is 11.3 Å². The van der Waals surface area contributed by atoms with Gasteiger partial charge in [-0.25, -0.2) is 0 Å². The van der Waals surface area contributed by atoms with Crippen LogP contribution in [-0.4, -0.2) is 43.2 Å². The number of likely N-dealkylation sites (tertiary alicyclic amines) is 1. The molecule has 1 aliphatic rings. The molecular formula is C20H24N4OS. The Morgan fingerprint density at radius 3 is 2.69 bits per heavy atom. The van der Waals surface area contributed by atoms with Crippen LogP contribution >= 0.6 is 11.8 Å². The van der Waals surface area contributed by atoms with Crippen LogP contribution in [0.25, 0.3) is 16.6 Å². The summed E-state index contributed by atoms with van der Waals surface area (Å²) in [6.45, 7) is 6.36. The number of rotatable bonds is 3. The quantitative estimate of drug-likeness (QED) is 0.654. The average Bonchev–Trinajstić information content (AvgIpc) is 3.05. The van der Waals surface area contributed by atoms with Gasteiger partial charge in [-0.3, -0.25) is 9.20 Å². The van der Waals surface area contributed by atoms with Crippen molar-refractivity contribution in [2.75, 3.05) is 5.75 Å². The number of hydrogen-bond acceptors (Lipinski definition) is 4. The predicted octanol–water partition coefficient (Wildman–Crippen LogP) is 4.07. The van der Waals surface area contributed by atoms with E-state index in [-0.39, 0.29) is 5.91 Å². The van der Waals surface area contributed by atoms with Crippen molar-refractivity contribution >= 4 is 34.2 Å². The number of benzene rings is 1. The summed E-state index contributed by atoms with van der Waals surface area (Å²) in [5, 5.41) is 10.7. The molecule has 2 atom stereocenters. The number of aryl methyl sites for hydroxylation is 1. The van der Waals surface area contributed by atoms with E-state index in [1.54, 1.807) is 0 Å². The molecule has 1 amide bonds. The number of carbonyl (C=O) groups excluding carboxylic acids is 1. The maximum Gasteiger partial charge on any atom is 0.233 e. The van der Waals surface area contributed by atoms with E-state index >= 15 is 0 Å². The molecule has 3 heterocycles. The van der Waals surface area contributed by atoms with Crippen molar-refractivity contribution in [2.45, 2.75) is 57.3 Å². The fourth-order valence-electron chi connectivity index (χ4n) is 4.06. The van der Waals surface area contributed by atoms with Crippen molar-refractivity contribution in [2.24, 2.45) is 0 Å². The van der Waals surface area contributed by atoms with Gasteiger partial charge in [0.1, 0.15) is 0 Å². The van der Waals surface area contributed by atoms with Gasteiger partial charge >= 0.3 is 0 Å². The highest BCUT2D eigenvalue weighted by Crippen LogP contribution is 2.27. The molecule has 0 bridgehead atoms. The van der Waals surface area contributed by atoms with Gasteiger partial charge < -0.3 is 4.90 Å². The van der Waals surface area contributed by atoms with E-state index < -0.39 is 0 Å². The Kier molecular flexibility index (Phi) is 4.61. The molecule has 3 aromatic rings. The molecule has 6 heteroatoms. The van der Waals surface area contributed by atoms with Gasteiger partial charge in [0.15, 0.2) is 10.8 Å². The van der Waals surface area contributed by atoms with Gasteiger partial charge in [-0.15, -0.1) is 10.2 Å². The number of nitrogens with zero attached hydrogens (tertiary/aromatic N) is 4. The Morgan fingerprint density at radius 2 is 1.92 bits per heavy atom. The molecule has 5 nitrogen and oxygen atoms in total. The van der Waals surface area contributed by atoms with Crippen LogP contribution in [0.5, 0.6) is 0 Å². The Balaban J connectivity index is 1.63. The van der Waals surface area contributed by atoms with Gasteiger partial charge in [0.25, 0.3) is 0 Å². The molecule has 0 unspecified atom stereocenters. The molecule has 4 rings (SSSR count). The topological polar surface area (TPSA) is 50.5 Å². The van der Waals surface area contributed by atoms with Gasteiger partial charge in [-0.2, -0.15) is 0 Å². The van der Waals surface area contributed by atoms with Crippen LogP contribution in [0.2, 0.25) is 0 Å². The Hall–Kier alpha value is -2.08. The van der Waals surface area contributed by atoms with Crippen molar-refractivity contribution in [3.05, 3.63) is 35.9 Å². The molecule has 1 saturated heterocycles. The zero-order chi connectivity index (χ0) is 18.3. The molecule has 1 aromatic carbocycles. The Labute approximate surface area is 157 Å². The number of amides is 1. The van der Waals surface area contributed by atoms with E-state index in [4.69, 9.17) is 0 Å². The maximum absolute atomic E-state index is 12.8. The smallest absolute Gasteiger partial charge is 0.233 e. The highest BCUT2D eigenvalue weighted by atomic mass is 32.2. The number of pyridine rings is 1. The molecule has 0 aliphatic carbocycles. The lowest BCUT2D eigenvalue weighted by molar-refractivity contribution is -0.134. The first-order chi connectivity index (χ1) is 12.6. The monoisotopic (exact) mass is 368 g/mol. The highest BCUT2D eigenvalue weighted by Gasteiger charge is 2.29. The molecule has 0 N–H and O–H groups in total. The number of aromatic nitrogens is 3. The fraction of sp³-hybridized carbons (Fsp3) is 0.450. The van der Waals surface area contributed by atoms with E-state index in [0.29, 0.717) is 17.8 Å². The van der Waals surface area contributed by atoms with Gasteiger partial charge in [-0.05, 0) is 63.1 Å². The van der Waals surface area contributed by atoms with E-state index in [2.05, 4.69) is 51.5 Å². The number of fused-ring (bicyclic) bond motifs is 3. The van der Waals surface area contributed by atoms with Crippen molar-refractivity contribution in [3.63, 3.8) is 0 Å². The molecule has 2 aromatic heterocycles. The normalized spacial score (nSPS) is 20.8. The Bertz CT molecular complexity index is 957. The van der Waals surface area contributed by atoms with Gasteiger partial charge in [0.2, 0.25) is 5.91 Å². The molecular weight excluding hydrogens is 344 g/mol. The molecule has 0 saturated carbocycles. The molecule has 26 heavy (non-hydrogen) atoms. The summed E-state index contributed by atoms with van der Waals surface area (Å²) in [6.07, 6.45) is 3.40. The molecule has 0 spiro atoms. The van der Waals surface area contributed by atoms with E-state index in [9.17, 15) is 4.79 Å². The molecule has 136 valence electrons. The van der Waals surface area contributed by atoms with Gasteiger partial charge in [-0.1, -0.05) is 30.0 Å². The second-order valence-corrected chi connectivity index (χ2v) is 8.19. The van der Waals surface area contributed by atoms with Gasteiger partial charge in [0, 0.05) is 12.1 Å². The van der Waals surface area contributed by atoms with E-state index in [1.165, 1.54) is 18.2 Å². The van der Waals surface area contributed by atoms with Crippen LogP contribution in [0.4, 0.5) is 0 Å². The van der Waals surface area contributed by atoms with Crippen LogP contribution in [-0.2, 0) is 4.79 Å². The lowest BCUT2D eigenvalue weighted by Gasteiger charge is -2.39. The standard InChI is InChI=1S/C20H24N4OS/c1-13-11-16-9-4-5-10-17(16)24-19(13)21-22-20(24)26-12-18(25)23-14(2)7-6-8-15(23)3/h4-5,9-11,14-15H,6-8,12H2,1-3H3/t14-,15-/m0/s1. The van der Waals surface area contributed by atoms with E-state index in [0.717, 1.165) is 40.1 Å². The third-order valence-corrected chi connectivity index (χ3v) is 6.26. The van der Waals surface area contributed by atoms with Crippen molar-refractivity contribution in [1.82, 2.24) is 19.5 Å². The summed E-state index contributed by atoms with van der Waals surface area (Å²) in [5.41, 5.74) is 3.03. The lowest BCUT2D eigenvalue weighted by atomic mass is 9.98. The first-order valence-electron chi connectivity index (χ1n) is 9.23. The summed E-state index contributed by atoms with van der Waals surface area (Å²) < 4.78 is 2.08. The first kappa shape index (κ1) is 17.3. The fourth-order valence-corrected chi connectivity index (χ4v) is 4.87. The minimum Gasteiger partial charge on any atom is -0.337 e. The summed E-state index contributed by atoms with van der Waals surface area (Å²) in [4.78, 5) is 14.9. The maximum atomic E-state index is 12.8. The molecule has 1 fully saturated rings. The van der Waals surface area contributed by atoms with Crippen LogP contribution in [0.1, 0.15) is 38.7 Å². The second-order valence-electron chi connectivity index (χ2n) is 7.25. The largest absolute Gasteiger partial charge is 0.337 e. The third kappa shape index (κ3) is 2.96. The lowest BCUT2D eigenvalue weighted by Crippen LogP contribution is -2.48. The van der Waals surface area contributed by atoms with Crippen LogP contribution in [0.3, 0.4) is 0 Å². The average molecular weight is 369 g/mol. The third-order valence-electron chi connectivity index (χ3n) is 5.34. The molecule has 0 radical (unpaired) electrons. The summed E-state index contributed by atoms with van der Waals surface area (Å²) in [6, 6.07) is 11.0. The highest BCUT2D eigenvalue weighted by molar-refractivity contribution is 7.99. The summed E-state index contributed by atoms with van der Waals surface area (Å²) in [5.74, 6) is 0.598. The number of carbonyl (C=O) groups is 1. The number of piperidine rings is 1. The van der Waals surface area contributed by atoms with Crippen molar-refractivity contribution in [3.8, 4) is 0 Å². The number of thioether (sulfide) groups is 1. The summed E-state index contributed by atoms with van der Waals surface area (Å²) in [7, 11) is 0. The number of para-hydroxylation sites is 1. The minimum absolute atomic E-state index is 0.198.